The van der Waals surface area contributed by atoms with Crippen LogP contribution >= 0.6 is 0 Å². The Labute approximate surface area is 162 Å². The van der Waals surface area contributed by atoms with Crippen LogP contribution in [0, 0.1) is 5.82 Å². The van der Waals surface area contributed by atoms with Gasteiger partial charge < -0.3 is 14.5 Å². The molecule has 0 saturated carbocycles. The van der Waals surface area contributed by atoms with Gasteiger partial charge in [0.2, 0.25) is 0 Å². The Morgan fingerprint density at radius 3 is 2.25 bits per heavy atom. The van der Waals surface area contributed by atoms with Crippen molar-refractivity contribution in [2.24, 2.45) is 0 Å². The van der Waals surface area contributed by atoms with Crippen LogP contribution in [0.1, 0.15) is 27.6 Å². The van der Waals surface area contributed by atoms with Crippen molar-refractivity contribution in [3.8, 4) is 0 Å². The molecular formula is C21H21FN2O4. The molecule has 1 amide bonds. The van der Waals surface area contributed by atoms with Crippen LogP contribution < -0.4 is 4.90 Å². The van der Waals surface area contributed by atoms with Gasteiger partial charge in [-0.2, -0.15) is 0 Å². The number of esters is 1. The minimum absolute atomic E-state index is 0.189. The van der Waals surface area contributed by atoms with Crippen LogP contribution in [0.5, 0.6) is 0 Å². The van der Waals surface area contributed by atoms with E-state index in [1.807, 2.05) is 4.90 Å². The third-order valence-corrected chi connectivity index (χ3v) is 4.66. The molecule has 2 aromatic rings. The van der Waals surface area contributed by atoms with Crippen molar-refractivity contribution in [1.29, 1.82) is 0 Å². The van der Waals surface area contributed by atoms with Gasteiger partial charge in [-0.3, -0.25) is 9.59 Å². The molecule has 7 heteroatoms. The standard InChI is InChI=1S/C21H21FN2O4/c1-15(25)17-7-8-19(18(22)13-17)23-9-11-24(12-10-23)20(26)14-28-21(27)16-5-3-2-4-6-16/h2-8,13H,9-12,14H2,1H3. The summed E-state index contributed by atoms with van der Waals surface area (Å²) in [6, 6.07) is 12.9. The van der Waals surface area contributed by atoms with Gasteiger partial charge in [-0.15, -0.1) is 0 Å². The second-order valence-corrected chi connectivity index (χ2v) is 6.53. The van der Waals surface area contributed by atoms with E-state index in [9.17, 15) is 18.8 Å². The number of halogens is 1. The minimum atomic E-state index is -0.541. The predicted octanol–water partition coefficient (Wildman–Crippen LogP) is 2.53. The molecule has 0 spiro atoms. The first kappa shape index (κ1) is 19.5. The first-order valence-corrected chi connectivity index (χ1v) is 9.01. The van der Waals surface area contributed by atoms with E-state index >= 15 is 0 Å². The average molecular weight is 384 g/mol. The Kier molecular flexibility index (Phi) is 6.03. The maximum atomic E-state index is 14.3. The van der Waals surface area contributed by atoms with Crippen molar-refractivity contribution in [1.82, 2.24) is 4.90 Å². The molecule has 1 saturated heterocycles. The summed E-state index contributed by atoms with van der Waals surface area (Å²) in [5.74, 6) is -1.47. The number of benzene rings is 2. The number of carbonyl (C=O) groups is 3. The molecule has 146 valence electrons. The van der Waals surface area contributed by atoms with Crippen molar-refractivity contribution in [3.63, 3.8) is 0 Å². The minimum Gasteiger partial charge on any atom is -0.452 e. The lowest BCUT2D eigenvalue weighted by atomic mass is 10.1. The fraction of sp³-hybridized carbons (Fsp3) is 0.286. The van der Waals surface area contributed by atoms with E-state index in [4.69, 9.17) is 4.74 Å². The third-order valence-electron chi connectivity index (χ3n) is 4.66. The molecule has 0 unspecified atom stereocenters. The molecule has 0 atom stereocenters. The Morgan fingerprint density at radius 1 is 0.964 bits per heavy atom. The molecule has 6 nitrogen and oxygen atoms in total. The smallest absolute Gasteiger partial charge is 0.338 e. The monoisotopic (exact) mass is 384 g/mol. The van der Waals surface area contributed by atoms with Gasteiger partial charge in [0.05, 0.1) is 11.3 Å². The molecular weight excluding hydrogens is 363 g/mol. The van der Waals surface area contributed by atoms with Crippen LogP contribution in [-0.4, -0.2) is 55.3 Å². The van der Waals surface area contributed by atoms with Crippen LogP contribution in [0.4, 0.5) is 10.1 Å². The first-order chi connectivity index (χ1) is 13.5. The lowest BCUT2D eigenvalue weighted by molar-refractivity contribution is -0.134. The number of nitrogens with zero attached hydrogens (tertiary/aromatic N) is 2. The van der Waals surface area contributed by atoms with Crippen molar-refractivity contribution < 1.29 is 23.5 Å². The SMILES string of the molecule is CC(=O)c1ccc(N2CCN(C(=O)COC(=O)c3ccccc3)CC2)c(F)c1. The van der Waals surface area contributed by atoms with Crippen LogP contribution in [-0.2, 0) is 9.53 Å². The molecule has 1 aliphatic rings. The van der Waals surface area contributed by atoms with Gasteiger partial charge in [0.25, 0.3) is 5.91 Å². The van der Waals surface area contributed by atoms with Crippen LogP contribution in [0.15, 0.2) is 48.5 Å². The fourth-order valence-electron chi connectivity index (χ4n) is 3.06. The molecule has 28 heavy (non-hydrogen) atoms. The summed E-state index contributed by atoms with van der Waals surface area (Å²) < 4.78 is 19.4. The zero-order valence-electron chi connectivity index (χ0n) is 15.6. The molecule has 0 radical (unpaired) electrons. The van der Waals surface area contributed by atoms with Gasteiger partial charge in [-0.1, -0.05) is 18.2 Å². The highest BCUT2D eigenvalue weighted by Crippen LogP contribution is 2.22. The Hall–Kier alpha value is -3.22. The lowest BCUT2D eigenvalue weighted by Crippen LogP contribution is -2.50. The Bertz CT molecular complexity index is 877. The molecule has 1 heterocycles. The van der Waals surface area contributed by atoms with E-state index in [0.29, 0.717) is 43.0 Å². The maximum Gasteiger partial charge on any atom is 0.338 e. The van der Waals surface area contributed by atoms with Gasteiger partial charge >= 0.3 is 5.97 Å². The molecule has 3 rings (SSSR count). The van der Waals surface area contributed by atoms with Crippen LogP contribution in [0.2, 0.25) is 0 Å². The maximum absolute atomic E-state index is 14.3. The normalized spacial score (nSPS) is 13.9. The Morgan fingerprint density at radius 2 is 1.64 bits per heavy atom. The van der Waals surface area contributed by atoms with Gasteiger partial charge in [0.1, 0.15) is 5.82 Å². The van der Waals surface area contributed by atoms with Crippen molar-refractivity contribution in [2.45, 2.75) is 6.92 Å². The highest BCUT2D eigenvalue weighted by atomic mass is 19.1. The number of piperazine rings is 1. The number of hydrogen-bond acceptors (Lipinski definition) is 5. The summed E-state index contributed by atoms with van der Waals surface area (Å²) in [5, 5.41) is 0. The summed E-state index contributed by atoms with van der Waals surface area (Å²) in [6.07, 6.45) is 0. The van der Waals surface area contributed by atoms with Gasteiger partial charge in [-0.25, -0.2) is 9.18 Å². The summed E-state index contributed by atoms with van der Waals surface area (Å²) >= 11 is 0. The van der Waals surface area contributed by atoms with E-state index in [-0.39, 0.29) is 18.3 Å². The average Bonchev–Trinajstić information content (AvgIpc) is 2.72. The van der Waals surface area contributed by atoms with E-state index in [1.54, 1.807) is 47.4 Å². The second kappa shape index (κ2) is 8.65. The highest BCUT2D eigenvalue weighted by Gasteiger charge is 2.24. The Balaban J connectivity index is 1.51. The highest BCUT2D eigenvalue weighted by molar-refractivity contribution is 5.94. The van der Waals surface area contributed by atoms with Gasteiger partial charge in [-0.05, 0) is 37.3 Å². The predicted molar refractivity (Wildman–Crippen MR) is 102 cm³/mol. The topological polar surface area (TPSA) is 66.9 Å². The third kappa shape index (κ3) is 4.54. The zero-order chi connectivity index (χ0) is 20.1. The largest absolute Gasteiger partial charge is 0.452 e. The van der Waals surface area contributed by atoms with E-state index in [1.165, 1.54) is 13.0 Å². The molecule has 1 fully saturated rings. The quantitative estimate of drug-likeness (QED) is 0.585. The number of rotatable bonds is 5. The van der Waals surface area contributed by atoms with E-state index in [0.717, 1.165) is 0 Å². The number of carbonyl (C=O) groups excluding carboxylic acids is 3. The van der Waals surface area contributed by atoms with Crippen LogP contribution in [0.25, 0.3) is 0 Å². The number of ether oxygens (including phenoxy) is 1. The molecule has 0 N–H and O–H groups in total. The number of amides is 1. The summed E-state index contributed by atoms with van der Waals surface area (Å²) in [6.45, 7) is 2.77. The molecule has 1 aliphatic heterocycles. The van der Waals surface area contributed by atoms with Gasteiger partial charge in [0.15, 0.2) is 12.4 Å². The van der Waals surface area contributed by atoms with Crippen LogP contribution in [0.3, 0.4) is 0 Å². The lowest BCUT2D eigenvalue weighted by Gasteiger charge is -2.36. The number of anilines is 1. The molecule has 0 aromatic heterocycles. The van der Waals surface area contributed by atoms with Crippen molar-refractivity contribution in [2.75, 3.05) is 37.7 Å². The number of hydrogen-bond donors (Lipinski definition) is 0. The number of Topliss-reactive ketones (excluding diaryl/α,β-unsaturated/α-hetero) is 1. The molecule has 0 aliphatic carbocycles. The molecule has 0 bridgehead atoms. The fourth-order valence-corrected chi connectivity index (χ4v) is 3.06. The van der Waals surface area contributed by atoms with E-state index in [2.05, 4.69) is 0 Å². The van der Waals surface area contributed by atoms with Gasteiger partial charge in [0, 0.05) is 31.7 Å². The number of ketones is 1. The van der Waals surface area contributed by atoms with Crippen molar-refractivity contribution >= 4 is 23.3 Å². The van der Waals surface area contributed by atoms with Crippen molar-refractivity contribution in [3.05, 3.63) is 65.5 Å². The summed E-state index contributed by atoms with van der Waals surface area (Å²) in [7, 11) is 0. The first-order valence-electron chi connectivity index (χ1n) is 9.01. The van der Waals surface area contributed by atoms with E-state index < -0.39 is 11.8 Å². The zero-order valence-corrected chi connectivity index (χ0v) is 15.6. The second-order valence-electron chi connectivity index (χ2n) is 6.53. The summed E-state index contributed by atoms with van der Waals surface area (Å²) in [4.78, 5) is 39.0. The molecule has 2 aromatic carbocycles. The summed E-state index contributed by atoms with van der Waals surface area (Å²) in [5.41, 5.74) is 1.13.